The number of carboxylic acids is 1. The normalized spacial score (nSPS) is 8.00. The molecule has 0 aromatic heterocycles. The van der Waals surface area contributed by atoms with E-state index in [1.165, 1.54) is 19.6 Å². The lowest BCUT2D eigenvalue weighted by molar-refractivity contribution is -0.131. The molecule has 0 spiro atoms. The number of hydrogen-bond donors (Lipinski definition) is 1. The Balaban J connectivity index is -0.000000150. The third-order valence-corrected chi connectivity index (χ3v) is 1.52. The second kappa shape index (κ2) is 14.0. The van der Waals surface area contributed by atoms with Crippen LogP contribution >= 0.6 is 12.4 Å². The fourth-order valence-electron chi connectivity index (χ4n) is 0.671. The van der Waals surface area contributed by atoms with Crippen LogP contribution in [0.3, 0.4) is 0 Å². The fraction of sp³-hybridized carbons (Fsp3) is 0.667. The highest BCUT2D eigenvalue weighted by molar-refractivity contribution is 5.85. The summed E-state index contributed by atoms with van der Waals surface area (Å²) in [5.74, 6) is -0.981. The van der Waals surface area contributed by atoms with Crippen LogP contribution in [0.2, 0.25) is 0 Å². The smallest absolute Gasteiger partial charge is 0.327 e. The van der Waals surface area contributed by atoms with Crippen molar-refractivity contribution < 1.29 is 9.90 Å². The monoisotopic (exact) mass is 209 g/mol. The van der Waals surface area contributed by atoms with Gasteiger partial charge in [-0.25, -0.2) is 4.79 Å². The molecule has 0 heterocycles. The van der Waals surface area contributed by atoms with Crippen LogP contribution in [0.4, 0.5) is 0 Å². The minimum atomic E-state index is -0.981. The maximum atomic E-state index is 9.25. The van der Waals surface area contributed by atoms with E-state index in [0.29, 0.717) is 0 Å². The lowest BCUT2D eigenvalue weighted by Crippen LogP contribution is -2.21. The van der Waals surface area contributed by atoms with E-state index < -0.39 is 5.97 Å². The standard InChI is InChI=1S/C6H15N.C3H4O2.ClH/c1-4-7(5-2)6-3;1-2-3(4)5;/h4-6H2,1-3H3;2H,1H2,(H,4,5);1H. The van der Waals surface area contributed by atoms with Gasteiger partial charge in [-0.05, 0) is 19.6 Å². The van der Waals surface area contributed by atoms with Crippen molar-refractivity contribution in [2.45, 2.75) is 20.8 Å². The van der Waals surface area contributed by atoms with Gasteiger partial charge < -0.3 is 10.0 Å². The Morgan fingerprint density at radius 1 is 1.31 bits per heavy atom. The summed E-state index contributed by atoms with van der Waals surface area (Å²) in [5, 5.41) is 7.60. The van der Waals surface area contributed by atoms with Gasteiger partial charge >= 0.3 is 5.97 Å². The maximum absolute atomic E-state index is 9.25. The minimum absolute atomic E-state index is 0. The molecule has 0 saturated carbocycles. The number of aliphatic carboxylic acids is 1. The quantitative estimate of drug-likeness (QED) is 0.721. The van der Waals surface area contributed by atoms with Gasteiger partial charge in [0.25, 0.3) is 0 Å². The molecule has 80 valence electrons. The summed E-state index contributed by atoms with van der Waals surface area (Å²) in [4.78, 5) is 11.6. The van der Waals surface area contributed by atoms with Crippen LogP contribution in [0, 0.1) is 0 Å². The number of carboxylic acid groups (broad SMARTS) is 1. The Bertz CT molecular complexity index is 119. The topological polar surface area (TPSA) is 40.5 Å². The Hall–Kier alpha value is -0.540. The van der Waals surface area contributed by atoms with Gasteiger partial charge in [0.2, 0.25) is 0 Å². The van der Waals surface area contributed by atoms with Gasteiger partial charge in [0, 0.05) is 6.08 Å². The van der Waals surface area contributed by atoms with Crippen molar-refractivity contribution in [3.63, 3.8) is 0 Å². The Morgan fingerprint density at radius 2 is 1.54 bits per heavy atom. The van der Waals surface area contributed by atoms with Crippen molar-refractivity contribution in [2.75, 3.05) is 19.6 Å². The van der Waals surface area contributed by atoms with Crippen molar-refractivity contribution in [1.82, 2.24) is 4.90 Å². The van der Waals surface area contributed by atoms with Crippen molar-refractivity contribution in [3.05, 3.63) is 12.7 Å². The van der Waals surface area contributed by atoms with Gasteiger partial charge in [-0.3, -0.25) is 0 Å². The van der Waals surface area contributed by atoms with Gasteiger partial charge in [0.05, 0.1) is 0 Å². The van der Waals surface area contributed by atoms with E-state index in [9.17, 15) is 4.79 Å². The average Bonchev–Trinajstić information content (AvgIpc) is 2.09. The van der Waals surface area contributed by atoms with Crippen LogP contribution in [0.25, 0.3) is 0 Å². The molecule has 13 heavy (non-hydrogen) atoms. The molecule has 0 fully saturated rings. The van der Waals surface area contributed by atoms with Crippen molar-refractivity contribution in [3.8, 4) is 0 Å². The highest BCUT2D eigenvalue weighted by Gasteiger charge is 1.89. The van der Waals surface area contributed by atoms with E-state index in [0.717, 1.165) is 6.08 Å². The fourth-order valence-corrected chi connectivity index (χ4v) is 0.671. The van der Waals surface area contributed by atoms with Crippen molar-refractivity contribution >= 4 is 18.4 Å². The average molecular weight is 210 g/mol. The Kier molecular flexibility index (Phi) is 19.7. The highest BCUT2D eigenvalue weighted by Crippen LogP contribution is 1.81. The molecule has 0 aromatic carbocycles. The molecule has 0 aliphatic rings. The molecular formula is C9H20ClNO2. The molecule has 0 amide bonds. The molecule has 0 aromatic rings. The summed E-state index contributed by atoms with van der Waals surface area (Å²) in [6.07, 6.45) is 0.833. The van der Waals surface area contributed by atoms with Crippen molar-refractivity contribution in [1.29, 1.82) is 0 Å². The number of hydrogen-bond acceptors (Lipinski definition) is 2. The van der Waals surface area contributed by atoms with Crippen LogP contribution in [-0.2, 0) is 4.79 Å². The van der Waals surface area contributed by atoms with E-state index in [2.05, 4.69) is 32.3 Å². The molecule has 4 heteroatoms. The zero-order valence-corrected chi connectivity index (χ0v) is 9.43. The summed E-state index contributed by atoms with van der Waals surface area (Å²) in [7, 11) is 0. The van der Waals surface area contributed by atoms with Crippen molar-refractivity contribution in [2.24, 2.45) is 0 Å². The first kappa shape index (κ1) is 18.3. The third kappa shape index (κ3) is 18.4. The van der Waals surface area contributed by atoms with E-state index in [-0.39, 0.29) is 12.4 Å². The lowest BCUT2D eigenvalue weighted by Gasteiger charge is -2.13. The first-order valence-electron chi connectivity index (χ1n) is 4.19. The highest BCUT2D eigenvalue weighted by atomic mass is 35.5. The zero-order chi connectivity index (χ0) is 9.98. The molecule has 0 rings (SSSR count). The second-order valence-electron chi connectivity index (χ2n) is 2.16. The Labute approximate surface area is 86.8 Å². The van der Waals surface area contributed by atoms with Gasteiger partial charge in [-0.1, -0.05) is 27.4 Å². The molecule has 0 radical (unpaired) electrons. The molecular weight excluding hydrogens is 190 g/mol. The first-order chi connectivity index (χ1) is 5.62. The van der Waals surface area contributed by atoms with Crippen LogP contribution < -0.4 is 0 Å². The molecule has 0 unspecified atom stereocenters. The second-order valence-corrected chi connectivity index (χ2v) is 2.16. The molecule has 0 aliphatic heterocycles. The number of halogens is 1. The molecule has 0 atom stereocenters. The van der Waals surface area contributed by atoms with Crippen LogP contribution in [0.5, 0.6) is 0 Å². The van der Waals surface area contributed by atoms with Gasteiger partial charge in [0.15, 0.2) is 0 Å². The van der Waals surface area contributed by atoms with Crippen LogP contribution in [-0.4, -0.2) is 35.6 Å². The number of carbonyl (C=O) groups is 1. The predicted octanol–water partition coefficient (Wildman–Crippen LogP) is 2.03. The minimum Gasteiger partial charge on any atom is -0.478 e. The first-order valence-corrected chi connectivity index (χ1v) is 4.19. The van der Waals surface area contributed by atoms with E-state index >= 15 is 0 Å². The molecule has 1 N–H and O–H groups in total. The SMILES string of the molecule is C=CC(=O)O.CCN(CC)CC.Cl. The summed E-state index contributed by atoms with van der Waals surface area (Å²) < 4.78 is 0. The summed E-state index contributed by atoms with van der Waals surface area (Å²) in [6, 6.07) is 0. The number of nitrogens with zero attached hydrogens (tertiary/aromatic N) is 1. The van der Waals surface area contributed by atoms with E-state index in [4.69, 9.17) is 5.11 Å². The molecule has 0 bridgehead atoms. The summed E-state index contributed by atoms with van der Waals surface area (Å²) in [5.41, 5.74) is 0. The Morgan fingerprint density at radius 3 is 1.54 bits per heavy atom. The lowest BCUT2D eigenvalue weighted by atomic mass is 10.5. The molecule has 0 saturated heterocycles. The van der Waals surface area contributed by atoms with Gasteiger partial charge in [-0.15, -0.1) is 12.4 Å². The van der Waals surface area contributed by atoms with Crippen LogP contribution in [0.1, 0.15) is 20.8 Å². The van der Waals surface area contributed by atoms with Gasteiger partial charge in [0.1, 0.15) is 0 Å². The third-order valence-electron chi connectivity index (χ3n) is 1.52. The van der Waals surface area contributed by atoms with Crippen LogP contribution in [0.15, 0.2) is 12.7 Å². The molecule has 0 aliphatic carbocycles. The maximum Gasteiger partial charge on any atom is 0.327 e. The number of rotatable bonds is 4. The summed E-state index contributed by atoms with van der Waals surface area (Å²) >= 11 is 0. The molecule has 3 nitrogen and oxygen atoms in total. The van der Waals surface area contributed by atoms with E-state index in [1.807, 2.05) is 0 Å². The van der Waals surface area contributed by atoms with Gasteiger partial charge in [-0.2, -0.15) is 0 Å². The predicted molar refractivity (Wildman–Crippen MR) is 58.5 cm³/mol. The zero-order valence-electron chi connectivity index (χ0n) is 8.62. The summed E-state index contributed by atoms with van der Waals surface area (Å²) in [6.45, 7) is 13.1. The largest absolute Gasteiger partial charge is 0.478 e. The van der Waals surface area contributed by atoms with E-state index in [1.54, 1.807) is 0 Å².